The molecular weight excluding hydrogens is 397 g/mol. The zero-order valence-corrected chi connectivity index (χ0v) is 17.0. The standard InChI is InChI=1S/C19H22Cl3NO3/c1-25-14-5-4-13-11-17-6-2-3-7-18(17,15(13)10-14)23(9-8-17)16(24)26-12-19(20,21)22/h4-5,10H,2-3,6-9,11-12H2,1H3. The molecule has 0 N–H and O–H groups in total. The summed E-state index contributed by atoms with van der Waals surface area (Å²) in [5.41, 5.74) is 2.27. The zero-order chi connectivity index (χ0) is 18.6. The predicted molar refractivity (Wildman–Crippen MR) is 102 cm³/mol. The fourth-order valence-corrected chi connectivity index (χ4v) is 5.69. The molecule has 7 heteroatoms. The summed E-state index contributed by atoms with van der Waals surface area (Å²) in [6.45, 7) is 0.427. The summed E-state index contributed by atoms with van der Waals surface area (Å²) >= 11 is 17.3. The van der Waals surface area contributed by atoms with Crippen molar-refractivity contribution in [3.05, 3.63) is 29.3 Å². The van der Waals surface area contributed by atoms with Crippen LogP contribution >= 0.6 is 34.8 Å². The Morgan fingerprint density at radius 1 is 1.23 bits per heavy atom. The van der Waals surface area contributed by atoms with E-state index in [1.165, 1.54) is 17.5 Å². The molecular formula is C19H22Cl3NO3. The molecule has 2 unspecified atom stereocenters. The van der Waals surface area contributed by atoms with E-state index in [0.717, 1.165) is 37.9 Å². The first-order valence-electron chi connectivity index (χ1n) is 9.00. The second kappa shape index (κ2) is 6.35. The largest absolute Gasteiger partial charge is 0.497 e. The van der Waals surface area contributed by atoms with Crippen LogP contribution in [0.2, 0.25) is 0 Å². The Morgan fingerprint density at radius 2 is 2.00 bits per heavy atom. The van der Waals surface area contributed by atoms with Crippen molar-refractivity contribution in [2.24, 2.45) is 5.41 Å². The molecule has 1 aliphatic heterocycles. The third-order valence-electron chi connectivity index (χ3n) is 6.47. The van der Waals surface area contributed by atoms with E-state index < -0.39 is 9.89 Å². The third-order valence-corrected chi connectivity index (χ3v) is 6.79. The Kier molecular flexibility index (Phi) is 4.53. The Balaban J connectivity index is 1.74. The molecule has 142 valence electrons. The van der Waals surface area contributed by atoms with Crippen molar-refractivity contribution in [1.82, 2.24) is 4.90 Å². The number of alkyl halides is 3. The minimum Gasteiger partial charge on any atom is -0.497 e. The van der Waals surface area contributed by atoms with E-state index in [1.54, 1.807) is 7.11 Å². The second-order valence-electron chi connectivity index (χ2n) is 7.62. The van der Waals surface area contributed by atoms with Crippen LogP contribution in [-0.2, 0) is 16.7 Å². The van der Waals surface area contributed by atoms with E-state index in [2.05, 4.69) is 12.1 Å². The van der Waals surface area contributed by atoms with Crippen molar-refractivity contribution >= 4 is 40.9 Å². The summed E-state index contributed by atoms with van der Waals surface area (Å²) in [5.74, 6) is 0.820. The summed E-state index contributed by atoms with van der Waals surface area (Å²) in [7, 11) is 1.67. The number of ether oxygens (including phenoxy) is 2. The Bertz CT molecular complexity index is 735. The van der Waals surface area contributed by atoms with E-state index >= 15 is 0 Å². The monoisotopic (exact) mass is 417 g/mol. The van der Waals surface area contributed by atoms with E-state index in [0.29, 0.717) is 6.54 Å². The van der Waals surface area contributed by atoms with Crippen LogP contribution in [0.4, 0.5) is 4.79 Å². The van der Waals surface area contributed by atoms with Gasteiger partial charge in [-0.25, -0.2) is 4.79 Å². The SMILES string of the molecule is COc1ccc2c(c1)C13CCCCC1(CCN3C(=O)OCC(Cl)(Cl)Cl)C2. The van der Waals surface area contributed by atoms with Crippen LogP contribution in [-0.4, -0.2) is 35.0 Å². The van der Waals surface area contributed by atoms with Gasteiger partial charge in [-0.2, -0.15) is 0 Å². The number of hydrogen-bond acceptors (Lipinski definition) is 3. The Morgan fingerprint density at radius 3 is 2.73 bits per heavy atom. The van der Waals surface area contributed by atoms with Gasteiger partial charge in [-0.1, -0.05) is 53.7 Å². The number of benzene rings is 1. The van der Waals surface area contributed by atoms with Crippen LogP contribution in [0.3, 0.4) is 0 Å². The number of halogens is 3. The highest BCUT2D eigenvalue weighted by Gasteiger charge is 2.66. The molecule has 1 aromatic carbocycles. The Hall–Kier alpha value is -0.840. The molecule has 0 bridgehead atoms. The van der Waals surface area contributed by atoms with Crippen molar-refractivity contribution in [2.75, 3.05) is 20.3 Å². The van der Waals surface area contributed by atoms with Gasteiger partial charge in [0.1, 0.15) is 12.4 Å². The molecule has 1 amide bonds. The van der Waals surface area contributed by atoms with Crippen LogP contribution in [0.15, 0.2) is 18.2 Å². The molecule has 2 fully saturated rings. The number of rotatable bonds is 2. The molecule has 2 atom stereocenters. The van der Waals surface area contributed by atoms with Gasteiger partial charge in [0.2, 0.25) is 3.79 Å². The number of carbonyl (C=O) groups is 1. The lowest BCUT2D eigenvalue weighted by atomic mass is 9.62. The summed E-state index contributed by atoms with van der Waals surface area (Å²) in [4.78, 5) is 14.8. The summed E-state index contributed by atoms with van der Waals surface area (Å²) in [6.07, 6.45) is 5.94. The minimum atomic E-state index is -1.60. The van der Waals surface area contributed by atoms with Gasteiger partial charge in [0, 0.05) is 12.0 Å². The van der Waals surface area contributed by atoms with E-state index in [4.69, 9.17) is 44.3 Å². The van der Waals surface area contributed by atoms with Crippen LogP contribution in [0.25, 0.3) is 0 Å². The van der Waals surface area contributed by atoms with Crippen molar-refractivity contribution in [1.29, 1.82) is 0 Å². The maximum atomic E-state index is 12.9. The van der Waals surface area contributed by atoms with Gasteiger partial charge in [-0.15, -0.1) is 0 Å². The van der Waals surface area contributed by atoms with Crippen molar-refractivity contribution in [3.63, 3.8) is 0 Å². The van der Waals surface area contributed by atoms with E-state index in [9.17, 15) is 4.79 Å². The lowest BCUT2D eigenvalue weighted by molar-refractivity contribution is 0.000744. The lowest BCUT2D eigenvalue weighted by Gasteiger charge is -2.48. The van der Waals surface area contributed by atoms with Crippen LogP contribution in [0, 0.1) is 5.41 Å². The fourth-order valence-electron chi connectivity index (χ4n) is 5.53. The van der Waals surface area contributed by atoms with Gasteiger partial charge in [-0.05, 0) is 48.9 Å². The summed E-state index contributed by atoms with van der Waals surface area (Å²) in [5, 5.41) is 0. The first-order chi connectivity index (χ1) is 12.3. The van der Waals surface area contributed by atoms with Gasteiger partial charge < -0.3 is 9.47 Å². The average Bonchev–Trinajstić information content (AvgIpc) is 3.09. The van der Waals surface area contributed by atoms with E-state index in [-0.39, 0.29) is 17.6 Å². The zero-order valence-electron chi connectivity index (χ0n) is 14.7. The highest BCUT2D eigenvalue weighted by atomic mass is 35.6. The predicted octanol–water partition coefficient (Wildman–Crippen LogP) is 5.22. The number of carbonyl (C=O) groups excluding carboxylic acids is 1. The third kappa shape index (κ3) is 2.68. The lowest BCUT2D eigenvalue weighted by Crippen LogP contribution is -2.53. The number of likely N-dealkylation sites (tertiary alicyclic amines) is 1. The number of nitrogens with zero attached hydrogens (tertiary/aromatic N) is 1. The summed E-state index contributed by atoms with van der Waals surface area (Å²) in [6, 6.07) is 6.25. The molecule has 4 rings (SSSR count). The first-order valence-corrected chi connectivity index (χ1v) is 10.1. The second-order valence-corrected chi connectivity index (χ2v) is 10.1. The van der Waals surface area contributed by atoms with Gasteiger partial charge >= 0.3 is 6.09 Å². The van der Waals surface area contributed by atoms with E-state index in [1.807, 2.05) is 11.0 Å². The molecule has 0 spiro atoms. The van der Waals surface area contributed by atoms with Gasteiger partial charge in [0.05, 0.1) is 12.6 Å². The first kappa shape index (κ1) is 18.5. The summed E-state index contributed by atoms with van der Waals surface area (Å²) < 4.78 is 9.23. The number of amides is 1. The molecule has 1 saturated heterocycles. The average molecular weight is 419 g/mol. The van der Waals surface area contributed by atoms with Crippen LogP contribution in [0.1, 0.15) is 43.2 Å². The van der Waals surface area contributed by atoms with Crippen molar-refractivity contribution < 1.29 is 14.3 Å². The molecule has 1 aromatic rings. The van der Waals surface area contributed by atoms with Crippen LogP contribution in [0.5, 0.6) is 5.75 Å². The molecule has 4 nitrogen and oxygen atoms in total. The van der Waals surface area contributed by atoms with Gasteiger partial charge in [0.15, 0.2) is 0 Å². The molecule has 2 aliphatic carbocycles. The maximum absolute atomic E-state index is 12.9. The quantitative estimate of drug-likeness (QED) is 0.618. The molecule has 1 saturated carbocycles. The molecule has 3 aliphatic rings. The number of fused-ring (bicyclic) bond motifs is 1. The Labute approximate surface area is 168 Å². The molecule has 0 aromatic heterocycles. The van der Waals surface area contributed by atoms with Crippen molar-refractivity contribution in [2.45, 2.75) is 47.9 Å². The topological polar surface area (TPSA) is 38.8 Å². The highest BCUT2D eigenvalue weighted by Crippen LogP contribution is 2.66. The molecule has 0 radical (unpaired) electrons. The smallest absolute Gasteiger partial charge is 0.410 e. The molecule has 26 heavy (non-hydrogen) atoms. The maximum Gasteiger partial charge on any atom is 0.410 e. The van der Waals surface area contributed by atoms with Gasteiger partial charge in [0.25, 0.3) is 0 Å². The van der Waals surface area contributed by atoms with Crippen LogP contribution < -0.4 is 4.74 Å². The van der Waals surface area contributed by atoms with Crippen molar-refractivity contribution in [3.8, 4) is 5.75 Å². The van der Waals surface area contributed by atoms with Gasteiger partial charge in [-0.3, -0.25) is 4.90 Å². The minimum absolute atomic E-state index is 0.0823. The number of methoxy groups -OCH3 is 1. The fraction of sp³-hybridized carbons (Fsp3) is 0.632. The highest BCUT2D eigenvalue weighted by molar-refractivity contribution is 6.67. The molecule has 1 heterocycles. The number of hydrogen-bond donors (Lipinski definition) is 0. The normalized spacial score (nSPS) is 29.8.